The summed E-state index contributed by atoms with van der Waals surface area (Å²) in [6, 6.07) is 0. The van der Waals surface area contributed by atoms with Crippen LogP contribution in [0.4, 0.5) is 13.2 Å². The Balaban J connectivity index is 3.15. The van der Waals surface area contributed by atoms with Crippen molar-refractivity contribution in [1.82, 2.24) is 0 Å². The van der Waals surface area contributed by atoms with Gasteiger partial charge in [-0.05, 0) is 12.3 Å². The third-order valence-electron chi connectivity index (χ3n) is 1.18. The first-order valence-electron chi connectivity index (χ1n) is 3.01. The molecular formula is C6H11F3. The molecule has 56 valence electrons. The molecular weight excluding hydrogens is 129 g/mol. The smallest absolute Gasteiger partial charge is 0.238 e. The van der Waals surface area contributed by atoms with Crippen LogP contribution >= 0.6 is 0 Å². The normalized spacial score (nSPS) is 14.3. The summed E-state index contributed by atoms with van der Waals surface area (Å²) in [6.07, 6.45) is -2.21. The van der Waals surface area contributed by atoms with Crippen LogP contribution in [0.1, 0.15) is 19.8 Å². The molecule has 1 unspecified atom stereocenters. The van der Waals surface area contributed by atoms with Gasteiger partial charge in [0.1, 0.15) is 0 Å². The van der Waals surface area contributed by atoms with E-state index in [0.717, 1.165) is 0 Å². The quantitative estimate of drug-likeness (QED) is 0.563. The van der Waals surface area contributed by atoms with E-state index in [1.54, 1.807) is 6.92 Å². The third kappa shape index (κ3) is 5.66. The van der Waals surface area contributed by atoms with Crippen LogP contribution < -0.4 is 0 Å². The molecule has 3 heteroatoms. The van der Waals surface area contributed by atoms with Crippen LogP contribution in [0.5, 0.6) is 0 Å². The molecule has 0 spiro atoms. The largest absolute Gasteiger partial charge is 0.251 e. The van der Waals surface area contributed by atoms with Crippen LogP contribution in [0.2, 0.25) is 0 Å². The standard InChI is InChI=1S/C6H11F3/c1-5(2-3-7)4-6(8)9/h5-6H,2-4H2,1H3. The molecule has 0 aliphatic rings. The van der Waals surface area contributed by atoms with Crippen LogP contribution in [0.3, 0.4) is 0 Å². The molecule has 0 amide bonds. The Morgan fingerprint density at radius 3 is 2.22 bits per heavy atom. The first-order valence-corrected chi connectivity index (χ1v) is 3.01. The molecule has 1 atom stereocenters. The summed E-state index contributed by atoms with van der Waals surface area (Å²) < 4.78 is 34.4. The molecule has 0 aliphatic carbocycles. The maximum absolute atomic E-state index is 11.5. The second-order valence-electron chi connectivity index (χ2n) is 2.21. The Kier molecular flexibility index (Phi) is 4.54. The number of alkyl halides is 3. The van der Waals surface area contributed by atoms with E-state index >= 15 is 0 Å². The molecule has 0 fully saturated rings. The zero-order valence-corrected chi connectivity index (χ0v) is 5.41. The molecule has 0 aromatic carbocycles. The average molecular weight is 140 g/mol. The molecule has 9 heavy (non-hydrogen) atoms. The van der Waals surface area contributed by atoms with Gasteiger partial charge >= 0.3 is 0 Å². The van der Waals surface area contributed by atoms with Crippen LogP contribution in [-0.2, 0) is 0 Å². The van der Waals surface area contributed by atoms with Gasteiger partial charge in [-0.15, -0.1) is 0 Å². The highest BCUT2D eigenvalue weighted by Crippen LogP contribution is 2.13. The Bertz CT molecular complexity index is 63.3. The highest BCUT2D eigenvalue weighted by Gasteiger charge is 2.08. The maximum Gasteiger partial charge on any atom is 0.238 e. The lowest BCUT2D eigenvalue weighted by molar-refractivity contribution is 0.114. The van der Waals surface area contributed by atoms with E-state index in [9.17, 15) is 13.2 Å². The Labute approximate surface area is 53.1 Å². The fourth-order valence-electron chi connectivity index (χ4n) is 0.608. The van der Waals surface area contributed by atoms with Gasteiger partial charge in [0, 0.05) is 6.42 Å². The number of hydrogen-bond donors (Lipinski definition) is 0. The number of halogens is 3. The predicted octanol–water partition coefficient (Wildman–Crippen LogP) is 2.64. The van der Waals surface area contributed by atoms with Crippen LogP contribution in [0.25, 0.3) is 0 Å². The minimum Gasteiger partial charge on any atom is -0.251 e. The topological polar surface area (TPSA) is 0 Å². The van der Waals surface area contributed by atoms with Crippen molar-refractivity contribution in [3.05, 3.63) is 0 Å². The van der Waals surface area contributed by atoms with Crippen LogP contribution in [-0.4, -0.2) is 13.1 Å². The average Bonchev–Trinajstić information content (AvgIpc) is 1.63. The van der Waals surface area contributed by atoms with Crippen molar-refractivity contribution in [1.29, 1.82) is 0 Å². The van der Waals surface area contributed by atoms with E-state index in [1.165, 1.54) is 0 Å². The lowest BCUT2D eigenvalue weighted by Gasteiger charge is -2.05. The van der Waals surface area contributed by atoms with Crippen molar-refractivity contribution < 1.29 is 13.2 Å². The van der Waals surface area contributed by atoms with Crippen molar-refractivity contribution in [2.75, 3.05) is 6.67 Å². The van der Waals surface area contributed by atoms with E-state index in [4.69, 9.17) is 0 Å². The fraction of sp³-hybridized carbons (Fsp3) is 1.00. The zero-order chi connectivity index (χ0) is 7.28. The van der Waals surface area contributed by atoms with Crippen molar-refractivity contribution in [3.8, 4) is 0 Å². The summed E-state index contributed by atoms with van der Waals surface area (Å²) in [5.74, 6) is -0.185. The summed E-state index contributed by atoms with van der Waals surface area (Å²) in [4.78, 5) is 0. The van der Waals surface area contributed by atoms with E-state index in [0.29, 0.717) is 0 Å². The summed E-state index contributed by atoms with van der Waals surface area (Å²) >= 11 is 0. The first-order chi connectivity index (χ1) is 4.16. The molecule has 0 bridgehead atoms. The first kappa shape index (κ1) is 8.79. The number of hydrogen-bond acceptors (Lipinski definition) is 0. The Hall–Kier alpha value is -0.210. The SMILES string of the molecule is CC(CCF)CC(F)F. The molecule has 0 nitrogen and oxygen atoms in total. The van der Waals surface area contributed by atoms with E-state index in [1.807, 2.05) is 0 Å². The van der Waals surface area contributed by atoms with Crippen LogP contribution in [0.15, 0.2) is 0 Å². The lowest BCUT2D eigenvalue weighted by Crippen LogP contribution is -2.02. The van der Waals surface area contributed by atoms with E-state index in [2.05, 4.69) is 0 Å². The molecule has 0 aromatic heterocycles. The van der Waals surface area contributed by atoms with Crippen LogP contribution in [0, 0.1) is 5.92 Å². The molecule has 0 saturated heterocycles. The van der Waals surface area contributed by atoms with Crippen molar-refractivity contribution >= 4 is 0 Å². The van der Waals surface area contributed by atoms with E-state index in [-0.39, 0.29) is 18.8 Å². The predicted molar refractivity (Wildman–Crippen MR) is 30.4 cm³/mol. The monoisotopic (exact) mass is 140 g/mol. The third-order valence-corrected chi connectivity index (χ3v) is 1.18. The van der Waals surface area contributed by atoms with Gasteiger partial charge in [-0.1, -0.05) is 6.92 Å². The van der Waals surface area contributed by atoms with Crippen molar-refractivity contribution in [2.24, 2.45) is 5.92 Å². The molecule has 0 radical (unpaired) electrons. The zero-order valence-electron chi connectivity index (χ0n) is 5.41. The van der Waals surface area contributed by atoms with Gasteiger partial charge < -0.3 is 0 Å². The van der Waals surface area contributed by atoms with Gasteiger partial charge in [-0.25, -0.2) is 8.78 Å². The van der Waals surface area contributed by atoms with Crippen molar-refractivity contribution in [3.63, 3.8) is 0 Å². The summed E-state index contributed by atoms with van der Waals surface area (Å²) in [5, 5.41) is 0. The Morgan fingerprint density at radius 2 is 1.89 bits per heavy atom. The minimum absolute atomic E-state index is 0.177. The van der Waals surface area contributed by atoms with E-state index < -0.39 is 13.1 Å². The van der Waals surface area contributed by atoms with Gasteiger partial charge in [-0.3, -0.25) is 4.39 Å². The molecule has 0 rings (SSSR count). The number of rotatable bonds is 4. The highest BCUT2D eigenvalue weighted by atomic mass is 19.3. The maximum atomic E-state index is 11.5. The van der Waals surface area contributed by atoms with Gasteiger partial charge in [0.15, 0.2) is 0 Å². The lowest BCUT2D eigenvalue weighted by atomic mass is 10.1. The van der Waals surface area contributed by atoms with Gasteiger partial charge in [-0.2, -0.15) is 0 Å². The molecule has 0 aromatic rings. The summed E-state index contributed by atoms with van der Waals surface area (Å²) in [6.45, 7) is 1.14. The molecule has 0 N–H and O–H groups in total. The minimum atomic E-state index is -2.29. The summed E-state index contributed by atoms with van der Waals surface area (Å²) in [5.41, 5.74) is 0. The van der Waals surface area contributed by atoms with Gasteiger partial charge in [0.25, 0.3) is 0 Å². The second kappa shape index (κ2) is 4.65. The second-order valence-corrected chi connectivity index (χ2v) is 2.21. The molecule has 0 aliphatic heterocycles. The highest BCUT2D eigenvalue weighted by molar-refractivity contribution is 4.52. The van der Waals surface area contributed by atoms with Crippen molar-refractivity contribution in [2.45, 2.75) is 26.2 Å². The fourth-order valence-corrected chi connectivity index (χ4v) is 0.608. The Morgan fingerprint density at radius 1 is 1.33 bits per heavy atom. The molecule has 0 heterocycles. The summed E-state index contributed by atoms with van der Waals surface area (Å²) in [7, 11) is 0. The van der Waals surface area contributed by atoms with Gasteiger partial charge in [0.05, 0.1) is 6.67 Å². The van der Waals surface area contributed by atoms with Gasteiger partial charge in [0.2, 0.25) is 6.43 Å². The molecule has 0 saturated carbocycles.